The molecule has 0 fully saturated rings. The fourth-order valence-corrected chi connectivity index (χ4v) is 4.71. The number of hydrogen-bond donors (Lipinski definition) is 1. The lowest BCUT2D eigenvalue weighted by atomic mass is 10.2. The summed E-state index contributed by atoms with van der Waals surface area (Å²) < 4.78 is 7.05. The van der Waals surface area contributed by atoms with Crippen molar-refractivity contribution < 1.29 is 9.21 Å². The first-order valence-electron chi connectivity index (χ1n) is 8.60. The molecule has 0 aliphatic heterocycles. The molecule has 0 atom stereocenters. The van der Waals surface area contributed by atoms with E-state index in [1.54, 1.807) is 16.9 Å². The van der Waals surface area contributed by atoms with Crippen LogP contribution in [-0.4, -0.2) is 26.2 Å². The zero-order valence-corrected chi connectivity index (χ0v) is 16.4. The summed E-state index contributed by atoms with van der Waals surface area (Å²) >= 11 is 2.70. The minimum absolute atomic E-state index is 0.150. The Morgan fingerprint density at radius 1 is 1.41 bits per heavy atom. The van der Waals surface area contributed by atoms with Crippen LogP contribution in [0.5, 0.6) is 0 Å². The lowest BCUT2D eigenvalue weighted by molar-refractivity contribution is -0.113. The summed E-state index contributed by atoms with van der Waals surface area (Å²) in [5.74, 6) is 0.772. The molecule has 27 heavy (non-hydrogen) atoms. The number of thiazole rings is 1. The van der Waals surface area contributed by atoms with E-state index in [2.05, 4.69) is 15.3 Å². The standard InChI is InChI=1S/C18H18N4O3S2/c1-11-9-27-17(19-11)20-15(23)10-26-16-13-5-2-6-14(13)22(18(24)21-16)8-12-4-3-7-25-12/h3-4,7,9H,2,5-6,8,10H2,1H3,(H,19,20,23). The number of fused-ring (bicyclic) bond motifs is 1. The Morgan fingerprint density at radius 3 is 3.04 bits per heavy atom. The first kappa shape index (κ1) is 18.0. The number of aromatic nitrogens is 3. The second-order valence-electron chi connectivity index (χ2n) is 6.27. The summed E-state index contributed by atoms with van der Waals surface area (Å²) in [6.45, 7) is 2.27. The molecular weight excluding hydrogens is 384 g/mol. The molecule has 0 bridgehead atoms. The van der Waals surface area contributed by atoms with Crippen LogP contribution in [0.2, 0.25) is 0 Å². The number of thioether (sulfide) groups is 1. The smallest absolute Gasteiger partial charge is 0.349 e. The Bertz CT molecular complexity index is 1020. The average molecular weight is 403 g/mol. The van der Waals surface area contributed by atoms with Gasteiger partial charge < -0.3 is 9.73 Å². The third-order valence-electron chi connectivity index (χ3n) is 4.30. The van der Waals surface area contributed by atoms with Crippen LogP contribution in [0.25, 0.3) is 0 Å². The van der Waals surface area contributed by atoms with Crippen molar-refractivity contribution in [2.75, 3.05) is 11.1 Å². The molecule has 3 aromatic rings. The second kappa shape index (κ2) is 7.69. The van der Waals surface area contributed by atoms with Crippen molar-refractivity contribution >= 4 is 34.1 Å². The quantitative estimate of drug-likeness (QED) is 0.504. The molecule has 4 rings (SSSR count). The highest BCUT2D eigenvalue weighted by Crippen LogP contribution is 2.29. The SMILES string of the molecule is Cc1csc(NC(=O)CSc2nc(=O)n(Cc3ccco3)c3c2CCC3)n1. The fourth-order valence-electron chi connectivity index (χ4n) is 3.13. The average Bonchev–Trinajstić information content (AvgIpc) is 3.38. The van der Waals surface area contributed by atoms with E-state index in [0.29, 0.717) is 16.7 Å². The van der Waals surface area contributed by atoms with Gasteiger partial charge in [-0.1, -0.05) is 11.8 Å². The number of nitrogens with one attached hydrogen (secondary N) is 1. The lowest BCUT2D eigenvalue weighted by Crippen LogP contribution is -2.28. The molecule has 140 valence electrons. The van der Waals surface area contributed by atoms with Crippen molar-refractivity contribution in [3.8, 4) is 0 Å². The third-order valence-corrected chi connectivity index (χ3v) is 6.19. The summed E-state index contributed by atoms with van der Waals surface area (Å²) in [6, 6.07) is 3.65. The van der Waals surface area contributed by atoms with Crippen LogP contribution in [0.15, 0.2) is 38.0 Å². The molecule has 0 aromatic carbocycles. The maximum atomic E-state index is 12.6. The fraction of sp³-hybridized carbons (Fsp3) is 0.333. The monoisotopic (exact) mass is 402 g/mol. The van der Waals surface area contributed by atoms with Gasteiger partial charge in [-0.25, -0.2) is 9.78 Å². The molecule has 7 nitrogen and oxygen atoms in total. The van der Waals surface area contributed by atoms with Gasteiger partial charge in [-0.2, -0.15) is 4.98 Å². The third kappa shape index (κ3) is 3.98. The highest BCUT2D eigenvalue weighted by molar-refractivity contribution is 8.00. The summed E-state index contributed by atoms with van der Waals surface area (Å²) in [7, 11) is 0. The van der Waals surface area contributed by atoms with Crippen molar-refractivity contribution in [3.63, 3.8) is 0 Å². The molecule has 1 N–H and O–H groups in total. The van der Waals surface area contributed by atoms with Gasteiger partial charge in [0.05, 0.1) is 24.3 Å². The molecule has 0 spiro atoms. The minimum Gasteiger partial charge on any atom is -0.467 e. The maximum absolute atomic E-state index is 12.6. The van der Waals surface area contributed by atoms with E-state index in [0.717, 1.165) is 42.0 Å². The number of rotatable bonds is 6. The first-order valence-corrected chi connectivity index (χ1v) is 10.5. The van der Waals surface area contributed by atoms with E-state index in [1.165, 1.54) is 23.1 Å². The molecule has 0 saturated heterocycles. The molecule has 1 aliphatic carbocycles. The Morgan fingerprint density at radius 2 is 2.30 bits per heavy atom. The van der Waals surface area contributed by atoms with Crippen molar-refractivity contribution in [2.45, 2.75) is 37.8 Å². The molecule has 0 unspecified atom stereocenters. The zero-order valence-electron chi connectivity index (χ0n) is 14.7. The van der Waals surface area contributed by atoms with Gasteiger partial charge in [0.2, 0.25) is 5.91 Å². The minimum atomic E-state index is -0.300. The maximum Gasteiger partial charge on any atom is 0.349 e. The molecule has 1 aliphatic rings. The number of anilines is 1. The van der Waals surface area contributed by atoms with Crippen LogP contribution < -0.4 is 11.0 Å². The van der Waals surface area contributed by atoms with Crippen LogP contribution in [0.3, 0.4) is 0 Å². The number of carbonyl (C=O) groups excluding carboxylic acids is 1. The van der Waals surface area contributed by atoms with Crippen molar-refractivity contribution in [2.24, 2.45) is 0 Å². The lowest BCUT2D eigenvalue weighted by Gasteiger charge is -2.13. The molecule has 9 heteroatoms. The highest BCUT2D eigenvalue weighted by atomic mass is 32.2. The number of furan rings is 1. The predicted octanol–water partition coefficient (Wildman–Crippen LogP) is 2.87. The molecule has 3 heterocycles. The van der Waals surface area contributed by atoms with E-state index in [9.17, 15) is 9.59 Å². The van der Waals surface area contributed by atoms with Gasteiger partial charge in [-0.3, -0.25) is 9.36 Å². The van der Waals surface area contributed by atoms with Crippen LogP contribution in [0.1, 0.15) is 29.1 Å². The van der Waals surface area contributed by atoms with Crippen molar-refractivity contribution in [1.82, 2.24) is 14.5 Å². The Balaban J connectivity index is 1.50. The largest absolute Gasteiger partial charge is 0.467 e. The summed E-state index contributed by atoms with van der Waals surface area (Å²) in [6.07, 6.45) is 4.29. The van der Waals surface area contributed by atoms with Gasteiger partial charge in [0.1, 0.15) is 10.8 Å². The summed E-state index contributed by atoms with van der Waals surface area (Å²) in [5, 5.41) is 5.91. The van der Waals surface area contributed by atoms with E-state index < -0.39 is 0 Å². The topological polar surface area (TPSA) is 90.0 Å². The Hall–Kier alpha value is -2.39. The van der Waals surface area contributed by atoms with Gasteiger partial charge in [0.15, 0.2) is 5.13 Å². The van der Waals surface area contributed by atoms with Gasteiger partial charge in [-0.15, -0.1) is 11.3 Å². The van der Waals surface area contributed by atoms with E-state index in [4.69, 9.17) is 4.42 Å². The highest BCUT2D eigenvalue weighted by Gasteiger charge is 2.23. The molecule has 0 saturated carbocycles. The van der Waals surface area contributed by atoms with Gasteiger partial charge in [-0.05, 0) is 38.3 Å². The first-order chi connectivity index (χ1) is 13.1. The Labute approximate surface area is 163 Å². The van der Waals surface area contributed by atoms with Crippen LogP contribution in [0.4, 0.5) is 5.13 Å². The molecule has 1 amide bonds. The number of hydrogen-bond acceptors (Lipinski definition) is 7. The predicted molar refractivity (Wildman–Crippen MR) is 105 cm³/mol. The van der Waals surface area contributed by atoms with E-state index in [-0.39, 0.29) is 17.3 Å². The normalized spacial score (nSPS) is 12.9. The van der Waals surface area contributed by atoms with E-state index in [1.807, 2.05) is 18.4 Å². The van der Waals surface area contributed by atoms with Crippen molar-refractivity contribution in [3.05, 3.63) is 57.0 Å². The molecule has 3 aromatic heterocycles. The molecule has 0 radical (unpaired) electrons. The molecular formula is C18H18N4O3S2. The van der Waals surface area contributed by atoms with E-state index >= 15 is 0 Å². The number of aryl methyl sites for hydroxylation is 1. The number of amides is 1. The second-order valence-corrected chi connectivity index (χ2v) is 8.10. The summed E-state index contributed by atoms with van der Waals surface area (Å²) in [5.41, 5.74) is 2.65. The number of carbonyl (C=O) groups is 1. The zero-order chi connectivity index (χ0) is 18.8. The van der Waals surface area contributed by atoms with Gasteiger partial charge >= 0.3 is 5.69 Å². The van der Waals surface area contributed by atoms with Crippen LogP contribution in [0, 0.1) is 6.92 Å². The number of nitrogens with zero attached hydrogens (tertiary/aromatic N) is 3. The Kier molecular flexibility index (Phi) is 5.13. The van der Waals surface area contributed by atoms with Gasteiger partial charge in [0, 0.05) is 16.6 Å². The van der Waals surface area contributed by atoms with Crippen molar-refractivity contribution in [1.29, 1.82) is 0 Å². The van der Waals surface area contributed by atoms with Crippen LogP contribution in [-0.2, 0) is 24.2 Å². The van der Waals surface area contributed by atoms with Gasteiger partial charge in [0.25, 0.3) is 0 Å². The van der Waals surface area contributed by atoms with Crippen LogP contribution >= 0.6 is 23.1 Å². The summed E-state index contributed by atoms with van der Waals surface area (Å²) in [4.78, 5) is 33.2.